The first-order valence-electron chi connectivity index (χ1n) is 6.27. The van der Waals surface area contributed by atoms with Gasteiger partial charge in [0.05, 0.1) is 6.54 Å². The molecule has 20 heavy (non-hydrogen) atoms. The fourth-order valence-corrected chi connectivity index (χ4v) is 3.21. The number of sulfonamides is 1. The Kier molecular flexibility index (Phi) is 5.12. The molecule has 1 aromatic rings. The minimum absolute atomic E-state index is 0.0487. The molecule has 1 heterocycles. The number of anilines is 1. The first kappa shape index (κ1) is 16.4. The number of hydrogen-bond acceptors (Lipinski definition) is 5. The third kappa shape index (κ3) is 3.70. The number of nitrogen functional groups attached to an aromatic ring is 1. The summed E-state index contributed by atoms with van der Waals surface area (Å²) in [6.07, 6.45) is 1.33. The molecule has 3 N–H and O–H groups in total. The van der Waals surface area contributed by atoms with E-state index in [4.69, 9.17) is 5.73 Å². The van der Waals surface area contributed by atoms with Gasteiger partial charge in [0.15, 0.2) is 5.82 Å². The maximum Gasteiger partial charge on any atom is 0.248 e. The lowest BCUT2D eigenvalue weighted by Gasteiger charge is -2.20. The molecule has 114 valence electrons. The van der Waals surface area contributed by atoms with Crippen LogP contribution in [0.3, 0.4) is 0 Å². The topological polar surface area (TPSA) is 110 Å². The van der Waals surface area contributed by atoms with Crippen molar-refractivity contribution < 1.29 is 13.2 Å². The van der Waals surface area contributed by atoms with E-state index in [-0.39, 0.29) is 35.8 Å². The van der Waals surface area contributed by atoms with Gasteiger partial charge < -0.3 is 11.1 Å². The number of aromatic nitrogens is 2. The van der Waals surface area contributed by atoms with Crippen LogP contribution in [0.2, 0.25) is 0 Å². The molecule has 0 bridgehead atoms. The minimum Gasteiger partial charge on any atom is -0.381 e. The van der Waals surface area contributed by atoms with E-state index in [1.807, 2.05) is 13.8 Å². The zero-order valence-corrected chi connectivity index (χ0v) is 12.9. The molecule has 0 aromatic carbocycles. The number of amides is 1. The van der Waals surface area contributed by atoms with Crippen molar-refractivity contribution in [2.24, 2.45) is 7.05 Å². The van der Waals surface area contributed by atoms with Crippen LogP contribution in [0.4, 0.5) is 5.82 Å². The summed E-state index contributed by atoms with van der Waals surface area (Å²) in [5.41, 5.74) is 5.59. The SMILES string of the molecule is CCN(CC(=O)NC(C)C)S(=O)(=O)c1cn(C)nc1N. The Bertz CT molecular complexity index is 579. The molecule has 1 amide bonds. The summed E-state index contributed by atoms with van der Waals surface area (Å²) < 4.78 is 27.3. The second kappa shape index (κ2) is 6.23. The van der Waals surface area contributed by atoms with Crippen molar-refractivity contribution in [3.63, 3.8) is 0 Å². The summed E-state index contributed by atoms with van der Waals surface area (Å²) in [4.78, 5) is 11.6. The summed E-state index contributed by atoms with van der Waals surface area (Å²) in [5.74, 6) is -0.428. The molecule has 0 unspecified atom stereocenters. The van der Waals surface area contributed by atoms with Gasteiger partial charge in [-0.1, -0.05) is 6.92 Å². The molecule has 0 aliphatic carbocycles. The van der Waals surface area contributed by atoms with Crippen molar-refractivity contribution in [1.29, 1.82) is 0 Å². The normalized spacial score (nSPS) is 12.1. The number of nitrogens with one attached hydrogen (secondary N) is 1. The second-order valence-corrected chi connectivity index (χ2v) is 6.61. The molecule has 9 heteroatoms. The van der Waals surface area contributed by atoms with E-state index in [0.29, 0.717) is 0 Å². The van der Waals surface area contributed by atoms with Crippen LogP contribution in [0.5, 0.6) is 0 Å². The standard InChI is InChI=1S/C11H21N5O3S/c1-5-16(7-10(17)13-8(2)3)20(18,19)9-6-15(4)14-11(9)12/h6,8H,5,7H2,1-4H3,(H2,12,14)(H,13,17). The third-order valence-electron chi connectivity index (χ3n) is 2.56. The Morgan fingerprint density at radius 3 is 2.55 bits per heavy atom. The molecule has 0 aliphatic heterocycles. The molecule has 1 rings (SSSR count). The quantitative estimate of drug-likeness (QED) is 0.738. The molecule has 8 nitrogen and oxygen atoms in total. The van der Waals surface area contributed by atoms with Gasteiger partial charge in [-0.2, -0.15) is 9.40 Å². The van der Waals surface area contributed by atoms with Gasteiger partial charge in [-0.3, -0.25) is 9.48 Å². The number of hydrogen-bond donors (Lipinski definition) is 2. The molecule has 0 atom stereocenters. The lowest BCUT2D eigenvalue weighted by atomic mass is 10.4. The number of aryl methyl sites for hydroxylation is 1. The van der Waals surface area contributed by atoms with E-state index < -0.39 is 10.0 Å². The number of carbonyl (C=O) groups is 1. The van der Waals surface area contributed by atoms with Crippen molar-refractivity contribution in [2.75, 3.05) is 18.8 Å². The van der Waals surface area contributed by atoms with E-state index in [2.05, 4.69) is 10.4 Å². The highest BCUT2D eigenvalue weighted by atomic mass is 32.2. The number of rotatable bonds is 6. The fraction of sp³-hybridized carbons (Fsp3) is 0.636. The highest BCUT2D eigenvalue weighted by molar-refractivity contribution is 7.89. The lowest BCUT2D eigenvalue weighted by Crippen LogP contribution is -2.42. The smallest absolute Gasteiger partial charge is 0.248 e. The largest absolute Gasteiger partial charge is 0.381 e. The first-order valence-corrected chi connectivity index (χ1v) is 7.71. The highest BCUT2D eigenvalue weighted by Gasteiger charge is 2.29. The third-order valence-corrected chi connectivity index (χ3v) is 4.50. The van der Waals surface area contributed by atoms with Crippen LogP contribution in [0, 0.1) is 0 Å². The summed E-state index contributed by atoms with van der Waals surface area (Å²) in [6, 6.07) is -0.0487. The first-order chi connectivity index (χ1) is 9.18. The molecular formula is C11H21N5O3S. The second-order valence-electron chi connectivity index (χ2n) is 4.71. The summed E-state index contributed by atoms with van der Waals surface area (Å²) in [5, 5.41) is 6.46. The molecule has 0 spiro atoms. The van der Waals surface area contributed by atoms with Crippen LogP contribution in [0.15, 0.2) is 11.1 Å². The van der Waals surface area contributed by atoms with Crippen molar-refractivity contribution >= 4 is 21.7 Å². The van der Waals surface area contributed by atoms with Gasteiger partial charge in [-0.05, 0) is 13.8 Å². The molecule has 0 saturated carbocycles. The summed E-state index contributed by atoms with van der Waals surface area (Å²) in [6.45, 7) is 5.20. The van der Waals surface area contributed by atoms with Crippen molar-refractivity contribution in [1.82, 2.24) is 19.4 Å². The average Bonchev–Trinajstić information content (AvgIpc) is 2.64. The summed E-state index contributed by atoms with van der Waals surface area (Å²) >= 11 is 0. The van der Waals surface area contributed by atoms with Crippen molar-refractivity contribution in [2.45, 2.75) is 31.7 Å². The molecule has 0 fully saturated rings. The van der Waals surface area contributed by atoms with Gasteiger partial charge in [0.2, 0.25) is 15.9 Å². The Labute approximate surface area is 119 Å². The van der Waals surface area contributed by atoms with Crippen LogP contribution in [0.25, 0.3) is 0 Å². The van der Waals surface area contributed by atoms with Crippen LogP contribution in [-0.4, -0.2) is 47.5 Å². The van der Waals surface area contributed by atoms with Gasteiger partial charge in [0.1, 0.15) is 4.90 Å². The monoisotopic (exact) mass is 303 g/mol. The van der Waals surface area contributed by atoms with Gasteiger partial charge >= 0.3 is 0 Å². The predicted octanol–water partition coefficient (Wildman–Crippen LogP) is -0.462. The van der Waals surface area contributed by atoms with E-state index >= 15 is 0 Å². The Morgan fingerprint density at radius 2 is 2.15 bits per heavy atom. The summed E-state index contributed by atoms with van der Waals surface area (Å²) in [7, 11) is -2.25. The Hall–Kier alpha value is -1.61. The Morgan fingerprint density at radius 1 is 1.55 bits per heavy atom. The van der Waals surface area contributed by atoms with E-state index in [9.17, 15) is 13.2 Å². The number of nitrogens with two attached hydrogens (primary N) is 1. The molecule has 0 radical (unpaired) electrons. The average molecular weight is 303 g/mol. The van der Waals surface area contributed by atoms with Gasteiger partial charge in [-0.15, -0.1) is 0 Å². The van der Waals surface area contributed by atoms with Gasteiger partial charge in [0, 0.05) is 25.8 Å². The zero-order valence-electron chi connectivity index (χ0n) is 12.1. The molecule has 0 aliphatic rings. The Balaban J connectivity index is 2.99. The highest BCUT2D eigenvalue weighted by Crippen LogP contribution is 2.20. The number of carbonyl (C=O) groups excluding carboxylic acids is 1. The van der Waals surface area contributed by atoms with Crippen LogP contribution in [0.1, 0.15) is 20.8 Å². The van der Waals surface area contributed by atoms with E-state index in [1.54, 1.807) is 14.0 Å². The maximum absolute atomic E-state index is 12.4. The number of likely N-dealkylation sites (N-methyl/N-ethyl adjacent to an activating group) is 1. The lowest BCUT2D eigenvalue weighted by molar-refractivity contribution is -0.121. The maximum atomic E-state index is 12.4. The van der Waals surface area contributed by atoms with E-state index in [0.717, 1.165) is 4.31 Å². The van der Waals surface area contributed by atoms with Gasteiger partial charge in [0.25, 0.3) is 0 Å². The van der Waals surface area contributed by atoms with Crippen LogP contribution in [-0.2, 0) is 21.9 Å². The number of nitrogens with zero attached hydrogens (tertiary/aromatic N) is 3. The van der Waals surface area contributed by atoms with Gasteiger partial charge in [-0.25, -0.2) is 8.42 Å². The zero-order chi connectivity index (χ0) is 15.5. The molecular weight excluding hydrogens is 282 g/mol. The molecule has 0 saturated heterocycles. The predicted molar refractivity (Wildman–Crippen MR) is 75.3 cm³/mol. The van der Waals surface area contributed by atoms with Crippen molar-refractivity contribution in [3.05, 3.63) is 6.20 Å². The molecule has 1 aromatic heterocycles. The van der Waals surface area contributed by atoms with Crippen molar-refractivity contribution in [3.8, 4) is 0 Å². The fourth-order valence-electron chi connectivity index (χ4n) is 1.72. The van der Waals surface area contributed by atoms with Crippen LogP contribution < -0.4 is 11.1 Å². The van der Waals surface area contributed by atoms with E-state index in [1.165, 1.54) is 10.9 Å². The van der Waals surface area contributed by atoms with Crippen LogP contribution >= 0.6 is 0 Å². The minimum atomic E-state index is -3.83.